The summed E-state index contributed by atoms with van der Waals surface area (Å²) in [6.45, 7) is 0. The second-order valence-electron chi connectivity index (χ2n) is 8.38. The summed E-state index contributed by atoms with van der Waals surface area (Å²) in [7, 11) is 0. The monoisotopic (exact) mass is 623 g/mol. The van der Waals surface area contributed by atoms with Gasteiger partial charge in [-0.2, -0.15) is 5.46 Å². The van der Waals surface area contributed by atoms with Crippen molar-refractivity contribution < 1.29 is 71.0 Å². The number of aromatic hydroxyl groups is 1. The molecule has 0 heterocycles. The van der Waals surface area contributed by atoms with E-state index < -0.39 is 121 Å². The van der Waals surface area contributed by atoms with Gasteiger partial charge in [0.1, 0.15) is 41.0 Å². The van der Waals surface area contributed by atoms with Crippen LogP contribution in [0.4, 0.5) is 65.9 Å². The Morgan fingerprint density at radius 3 is 0.810 bits per heavy atom. The van der Waals surface area contributed by atoms with Crippen LogP contribution in [0.25, 0.3) is 0 Å². The molecule has 0 saturated heterocycles. The highest BCUT2D eigenvalue weighted by Gasteiger charge is 2.49. The molecule has 42 heavy (non-hydrogen) atoms. The van der Waals surface area contributed by atoms with Crippen molar-refractivity contribution in [3.8, 4) is 5.75 Å². The molecule has 5 N–H and O–H groups in total. The second-order valence-corrected chi connectivity index (χ2v) is 8.38. The maximum Gasteiger partial charge on any atom is 0.200 e. The molecule has 0 spiro atoms. The van der Waals surface area contributed by atoms with Gasteiger partial charge in [0, 0.05) is 0 Å². The minimum Gasteiger partial charge on any atom is -0.511 e. The molecule has 0 bridgehead atoms. The van der Waals surface area contributed by atoms with Crippen molar-refractivity contribution in [1.29, 1.82) is 0 Å². The normalized spacial score (nSPS) is 11.6. The number of hydrogen-bond acceptors (Lipinski definition) is 1. The van der Waals surface area contributed by atoms with Gasteiger partial charge in [0.15, 0.2) is 52.4 Å². The molecule has 0 unspecified atom stereocenters. The predicted octanol–water partition coefficient (Wildman–Crippen LogP) is 5.23. The van der Waals surface area contributed by atoms with Gasteiger partial charge in [-0.25, -0.2) is 65.9 Å². The van der Waals surface area contributed by atoms with E-state index in [0.717, 1.165) is 6.07 Å². The number of phenols is 1. The molecule has 0 aromatic heterocycles. The highest BCUT2D eigenvalue weighted by atomic mass is 19.2. The van der Waals surface area contributed by atoms with Gasteiger partial charge in [0.2, 0.25) is 0 Å². The number of halogens is 15. The fourth-order valence-corrected chi connectivity index (χ4v) is 4.76. The maximum atomic E-state index is 15.4. The number of para-hydroxylation sites is 1. The molecule has 0 aliphatic rings. The third-order valence-corrected chi connectivity index (χ3v) is 6.43. The molecule has 4 aromatic carbocycles. The summed E-state index contributed by atoms with van der Waals surface area (Å²) < 4.78 is 221. The van der Waals surface area contributed by atoms with Crippen LogP contribution in [-0.4, -0.2) is 11.3 Å². The van der Waals surface area contributed by atoms with Crippen molar-refractivity contribution >= 4 is 28.0 Å². The average molecular weight is 623 g/mol. The van der Waals surface area contributed by atoms with E-state index in [4.69, 9.17) is 0 Å². The van der Waals surface area contributed by atoms with Gasteiger partial charge in [0.25, 0.3) is 0 Å². The van der Waals surface area contributed by atoms with Crippen LogP contribution in [-0.2, 0) is 0 Å². The van der Waals surface area contributed by atoms with Crippen LogP contribution in [0.5, 0.6) is 5.75 Å². The highest BCUT2D eigenvalue weighted by molar-refractivity contribution is 7.20. The van der Waals surface area contributed by atoms with Gasteiger partial charge < -0.3 is 11.3 Å². The van der Waals surface area contributed by atoms with Crippen molar-refractivity contribution in [1.82, 2.24) is 6.15 Å². The number of phenolic OH excluding ortho intramolecular Hbond substituents is 1. The van der Waals surface area contributed by atoms with E-state index in [1.807, 2.05) is 0 Å². The van der Waals surface area contributed by atoms with Crippen molar-refractivity contribution in [3.05, 3.63) is 112 Å². The van der Waals surface area contributed by atoms with Crippen molar-refractivity contribution in [3.63, 3.8) is 0 Å². The average Bonchev–Trinajstić information content (AvgIpc) is 2.95. The van der Waals surface area contributed by atoms with Crippen LogP contribution in [0.15, 0.2) is 24.3 Å². The lowest BCUT2D eigenvalue weighted by Gasteiger charge is -2.44. The third-order valence-electron chi connectivity index (χ3n) is 6.43. The molecule has 224 valence electrons. The Hall–Kier alpha value is -4.35. The lowest BCUT2D eigenvalue weighted by Crippen LogP contribution is -2.79. The largest absolute Gasteiger partial charge is 0.511 e. The van der Waals surface area contributed by atoms with Gasteiger partial charge in [-0.1, -0.05) is 18.2 Å². The molecular weight excluding hydrogens is 614 g/mol. The van der Waals surface area contributed by atoms with Gasteiger partial charge >= 0.3 is 0 Å². The van der Waals surface area contributed by atoms with Gasteiger partial charge in [0.05, 0.1) is 5.75 Å². The van der Waals surface area contributed by atoms with Crippen molar-refractivity contribution in [2.45, 2.75) is 0 Å². The molecule has 0 aliphatic heterocycles. The van der Waals surface area contributed by atoms with E-state index in [1.165, 1.54) is 0 Å². The molecule has 0 amide bonds. The van der Waals surface area contributed by atoms with Crippen molar-refractivity contribution in [2.24, 2.45) is 0 Å². The third kappa shape index (κ3) is 4.06. The van der Waals surface area contributed by atoms with Crippen molar-refractivity contribution in [2.75, 3.05) is 0 Å². The van der Waals surface area contributed by atoms with Crippen LogP contribution in [0.3, 0.4) is 0 Å². The standard InChI is InChI=1S/C24H5BF15O.H3N/c26-10-7(11(27)17(33)22(38)16(10)32)25(5-3-1-2-4-6(5)41,8-12(28)18(34)23(39)19(35)13(8)29)9-14(30)20(36)24(40)21(37)15(9)31;/h1-4,41H;1H3/q-1;/p+1. The van der Waals surface area contributed by atoms with Crippen LogP contribution in [0, 0.1) is 87.3 Å². The summed E-state index contributed by atoms with van der Waals surface area (Å²) in [6.07, 6.45) is -5.99. The first-order valence-electron chi connectivity index (χ1n) is 10.5. The molecule has 18 heteroatoms. The molecule has 0 radical (unpaired) electrons. The van der Waals surface area contributed by atoms with Gasteiger partial charge in [-0.15, -0.1) is 16.4 Å². The first-order chi connectivity index (χ1) is 19.0. The summed E-state index contributed by atoms with van der Waals surface area (Å²) in [5.41, 5.74) is -10.3. The number of benzene rings is 4. The fraction of sp³-hybridized carbons (Fsp3) is 0. The fourth-order valence-electron chi connectivity index (χ4n) is 4.76. The predicted molar refractivity (Wildman–Crippen MR) is 117 cm³/mol. The van der Waals surface area contributed by atoms with E-state index in [0.29, 0.717) is 12.1 Å². The second kappa shape index (κ2) is 10.8. The van der Waals surface area contributed by atoms with Crippen LogP contribution >= 0.6 is 0 Å². The van der Waals surface area contributed by atoms with Crippen LogP contribution < -0.4 is 28.0 Å². The lowest BCUT2D eigenvalue weighted by molar-refractivity contribution is 0.379. The Morgan fingerprint density at radius 2 is 0.571 bits per heavy atom. The van der Waals surface area contributed by atoms with E-state index in [2.05, 4.69) is 0 Å². The SMILES string of the molecule is Oc1ccccc1[B-](c1c(F)c(F)c(F)c(F)c1F)(c1c(F)c(F)c(F)c(F)c1F)c1c(F)c(F)c(F)c(F)c1F.[NH4+]. The lowest BCUT2D eigenvalue weighted by atomic mass is 9.12. The zero-order chi connectivity index (χ0) is 30.9. The number of rotatable bonds is 4. The molecule has 0 saturated carbocycles. The molecular formula is C24H9BF15NO. The minimum absolute atomic E-state index is 0. The Balaban J connectivity index is 0.00000484. The molecule has 2 nitrogen and oxygen atoms in total. The summed E-state index contributed by atoms with van der Waals surface area (Å²) in [4.78, 5) is 0. The zero-order valence-electron chi connectivity index (χ0n) is 20.0. The zero-order valence-corrected chi connectivity index (χ0v) is 20.0. The Kier molecular flexibility index (Phi) is 8.28. The highest BCUT2D eigenvalue weighted by Crippen LogP contribution is 2.29. The van der Waals surface area contributed by atoms with Crippen LogP contribution in [0.2, 0.25) is 0 Å². The molecule has 0 aliphatic carbocycles. The van der Waals surface area contributed by atoms with E-state index >= 15 is 26.3 Å². The van der Waals surface area contributed by atoms with E-state index in [-0.39, 0.29) is 12.2 Å². The topological polar surface area (TPSA) is 56.7 Å². The molecule has 0 fully saturated rings. The Bertz CT molecular complexity index is 1520. The minimum atomic E-state index is -5.99. The summed E-state index contributed by atoms with van der Waals surface area (Å²) >= 11 is 0. The van der Waals surface area contributed by atoms with Crippen LogP contribution in [0.1, 0.15) is 0 Å². The maximum absolute atomic E-state index is 15.4. The number of hydrogen-bond donors (Lipinski definition) is 2. The number of quaternary nitrogens is 1. The van der Waals surface area contributed by atoms with E-state index in [9.17, 15) is 44.6 Å². The molecule has 4 rings (SSSR count). The van der Waals surface area contributed by atoms with Gasteiger partial charge in [-0.3, -0.25) is 0 Å². The van der Waals surface area contributed by atoms with Gasteiger partial charge in [-0.05, 0) is 6.07 Å². The Labute approximate surface area is 223 Å². The smallest absolute Gasteiger partial charge is 0.200 e. The summed E-state index contributed by atoms with van der Waals surface area (Å²) in [5.74, 6) is -48.4. The summed E-state index contributed by atoms with van der Waals surface area (Å²) in [5, 5.41) is 10.5. The van der Waals surface area contributed by atoms with E-state index in [1.54, 1.807) is 0 Å². The quantitative estimate of drug-likeness (QED) is 0.139. The molecule has 0 atom stereocenters. The molecule has 4 aromatic rings. The summed E-state index contributed by atoms with van der Waals surface area (Å²) in [6, 6.07) is 1.92. The first kappa shape index (κ1) is 32.2. The first-order valence-corrected chi connectivity index (χ1v) is 10.5. The Morgan fingerprint density at radius 1 is 0.357 bits per heavy atom.